The van der Waals surface area contributed by atoms with Crippen molar-refractivity contribution in [1.29, 1.82) is 0 Å². The SMILES string of the molecule is CC[C@@H](C)c1ccc(NC(=S)N2CCN(Cc3cccc(OC)c3)CC2)cc1. The molecule has 0 unspecified atom stereocenters. The number of ether oxygens (including phenoxy) is 1. The van der Waals surface area contributed by atoms with Gasteiger partial charge in [0.15, 0.2) is 5.11 Å². The molecule has 0 aromatic heterocycles. The summed E-state index contributed by atoms with van der Waals surface area (Å²) in [4.78, 5) is 4.73. The van der Waals surface area contributed by atoms with Gasteiger partial charge < -0.3 is 15.0 Å². The smallest absolute Gasteiger partial charge is 0.173 e. The van der Waals surface area contributed by atoms with Crippen LogP contribution in [-0.2, 0) is 6.54 Å². The van der Waals surface area contributed by atoms with Crippen LogP contribution >= 0.6 is 12.2 Å². The summed E-state index contributed by atoms with van der Waals surface area (Å²) < 4.78 is 5.32. The molecule has 1 N–H and O–H groups in total. The summed E-state index contributed by atoms with van der Waals surface area (Å²) in [7, 11) is 1.71. The Morgan fingerprint density at radius 3 is 2.46 bits per heavy atom. The van der Waals surface area contributed by atoms with Gasteiger partial charge in [-0.05, 0) is 59.9 Å². The van der Waals surface area contributed by atoms with Gasteiger partial charge in [-0.25, -0.2) is 0 Å². The number of hydrogen-bond acceptors (Lipinski definition) is 3. The molecule has 4 nitrogen and oxygen atoms in total. The summed E-state index contributed by atoms with van der Waals surface area (Å²) in [6.45, 7) is 9.33. The van der Waals surface area contributed by atoms with E-state index >= 15 is 0 Å². The number of anilines is 1. The van der Waals surface area contributed by atoms with Crippen molar-refractivity contribution < 1.29 is 4.74 Å². The topological polar surface area (TPSA) is 27.7 Å². The number of piperazine rings is 1. The van der Waals surface area contributed by atoms with E-state index in [-0.39, 0.29) is 0 Å². The second kappa shape index (κ2) is 9.89. The van der Waals surface area contributed by atoms with E-state index in [1.165, 1.54) is 11.1 Å². The van der Waals surface area contributed by atoms with Gasteiger partial charge in [0.1, 0.15) is 5.75 Å². The minimum atomic E-state index is 0.596. The van der Waals surface area contributed by atoms with Gasteiger partial charge in [0.2, 0.25) is 0 Å². The first-order chi connectivity index (χ1) is 13.6. The molecule has 0 radical (unpaired) electrons. The molecule has 28 heavy (non-hydrogen) atoms. The molecule has 0 amide bonds. The maximum atomic E-state index is 5.64. The number of thiocarbonyl (C=S) groups is 1. The molecule has 1 aliphatic heterocycles. The largest absolute Gasteiger partial charge is 0.497 e. The van der Waals surface area contributed by atoms with E-state index < -0.39 is 0 Å². The average molecular weight is 398 g/mol. The number of nitrogens with zero attached hydrogens (tertiary/aromatic N) is 2. The fourth-order valence-corrected chi connectivity index (χ4v) is 3.77. The Morgan fingerprint density at radius 2 is 1.82 bits per heavy atom. The summed E-state index contributed by atoms with van der Waals surface area (Å²) in [5.74, 6) is 1.51. The fraction of sp³-hybridized carbons (Fsp3) is 0.435. The summed E-state index contributed by atoms with van der Waals surface area (Å²) in [5.41, 5.74) is 3.73. The van der Waals surface area contributed by atoms with Crippen LogP contribution in [-0.4, -0.2) is 48.2 Å². The van der Waals surface area contributed by atoms with E-state index in [9.17, 15) is 0 Å². The quantitative estimate of drug-likeness (QED) is 0.712. The van der Waals surface area contributed by atoms with Crippen molar-refractivity contribution in [3.8, 4) is 5.75 Å². The summed E-state index contributed by atoms with van der Waals surface area (Å²) in [5, 5.41) is 4.21. The molecule has 1 fully saturated rings. The van der Waals surface area contributed by atoms with Crippen LogP contribution in [0.4, 0.5) is 5.69 Å². The molecule has 1 saturated heterocycles. The maximum absolute atomic E-state index is 5.64. The van der Waals surface area contributed by atoms with Crippen molar-refractivity contribution in [2.24, 2.45) is 0 Å². The molecule has 1 atom stereocenters. The lowest BCUT2D eigenvalue weighted by Gasteiger charge is -2.36. The van der Waals surface area contributed by atoms with Crippen molar-refractivity contribution >= 4 is 23.0 Å². The average Bonchev–Trinajstić information content (AvgIpc) is 2.74. The van der Waals surface area contributed by atoms with Crippen LogP contribution in [0.2, 0.25) is 0 Å². The van der Waals surface area contributed by atoms with Crippen LogP contribution in [0.25, 0.3) is 0 Å². The second-order valence-corrected chi connectivity index (χ2v) is 7.86. The molecule has 0 bridgehead atoms. The Labute approximate surface area is 174 Å². The van der Waals surface area contributed by atoms with Gasteiger partial charge in [-0.15, -0.1) is 0 Å². The summed E-state index contributed by atoms with van der Waals surface area (Å²) in [6, 6.07) is 17.0. The van der Waals surface area contributed by atoms with E-state index in [2.05, 4.69) is 71.4 Å². The second-order valence-electron chi connectivity index (χ2n) is 7.48. The van der Waals surface area contributed by atoms with E-state index in [4.69, 9.17) is 17.0 Å². The number of hydrogen-bond donors (Lipinski definition) is 1. The lowest BCUT2D eigenvalue weighted by Crippen LogP contribution is -2.49. The predicted octanol–water partition coefficient (Wildman–Crippen LogP) is 4.72. The van der Waals surface area contributed by atoms with Gasteiger partial charge in [-0.2, -0.15) is 0 Å². The maximum Gasteiger partial charge on any atom is 0.173 e. The van der Waals surface area contributed by atoms with E-state index in [0.717, 1.165) is 55.7 Å². The van der Waals surface area contributed by atoms with Crippen LogP contribution in [0, 0.1) is 0 Å². The summed E-state index contributed by atoms with van der Waals surface area (Å²) in [6.07, 6.45) is 1.16. The van der Waals surface area contributed by atoms with Gasteiger partial charge in [0, 0.05) is 38.4 Å². The zero-order valence-corrected chi connectivity index (χ0v) is 18.0. The fourth-order valence-electron chi connectivity index (χ4n) is 3.47. The molecule has 150 valence electrons. The monoisotopic (exact) mass is 397 g/mol. The number of methoxy groups -OCH3 is 1. The van der Waals surface area contributed by atoms with Crippen LogP contribution in [0.5, 0.6) is 5.75 Å². The van der Waals surface area contributed by atoms with Crippen molar-refractivity contribution in [2.45, 2.75) is 32.7 Å². The Kier molecular flexibility index (Phi) is 7.29. The molecule has 3 rings (SSSR count). The van der Waals surface area contributed by atoms with Gasteiger partial charge in [0.05, 0.1) is 7.11 Å². The highest BCUT2D eigenvalue weighted by molar-refractivity contribution is 7.80. The van der Waals surface area contributed by atoms with Crippen LogP contribution in [0.1, 0.15) is 37.3 Å². The highest BCUT2D eigenvalue weighted by Gasteiger charge is 2.19. The first-order valence-corrected chi connectivity index (χ1v) is 10.5. The molecular formula is C23H31N3OS. The molecule has 2 aromatic rings. The van der Waals surface area contributed by atoms with E-state index in [1.807, 2.05) is 6.07 Å². The number of benzene rings is 2. The molecule has 1 heterocycles. The highest BCUT2D eigenvalue weighted by atomic mass is 32.1. The van der Waals surface area contributed by atoms with Crippen molar-refractivity contribution in [2.75, 3.05) is 38.6 Å². The minimum absolute atomic E-state index is 0.596. The predicted molar refractivity (Wildman–Crippen MR) is 121 cm³/mol. The van der Waals surface area contributed by atoms with Gasteiger partial charge >= 0.3 is 0 Å². The first kappa shape index (κ1) is 20.6. The third-order valence-corrected chi connectivity index (χ3v) is 5.90. The zero-order valence-electron chi connectivity index (χ0n) is 17.1. The van der Waals surface area contributed by atoms with Crippen LogP contribution < -0.4 is 10.1 Å². The highest BCUT2D eigenvalue weighted by Crippen LogP contribution is 2.21. The van der Waals surface area contributed by atoms with Gasteiger partial charge in [0.25, 0.3) is 0 Å². The molecule has 0 spiro atoms. The van der Waals surface area contributed by atoms with Crippen molar-refractivity contribution in [3.05, 3.63) is 59.7 Å². The van der Waals surface area contributed by atoms with Gasteiger partial charge in [-0.1, -0.05) is 38.1 Å². The Hall–Kier alpha value is -2.11. The van der Waals surface area contributed by atoms with E-state index in [0.29, 0.717) is 5.92 Å². The molecular weight excluding hydrogens is 366 g/mol. The molecule has 0 saturated carbocycles. The molecule has 2 aromatic carbocycles. The minimum Gasteiger partial charge on any atom is -0.497 e. The standard InChI is InChI=1S/C23H31N3OS/c1-4-18(2)20-8-10-21(11-9-20)24-23(28)26-14-12-25(13-15-26)17-19-6-5-7-22(16-19)27-3/h5-11,16,18H,4,12-15,17H2,1-3H3,(H,24,28)/t18-/m1/s1. The zero-order chi connectivity index (χ0) is 19.9. The third kappa shape index (κ3) is 5.46. The molecule has 0 aliphatic carbocycles. The van der Waals surface area contributed by atoms with Crippen molar-refractivity contribution in [3.63, 3.8) is 0 Å². The lowest BCUT2D eigenvalue weighted by molar-refractivity contribution is 0.177. The normalized spacial score (nSPS) is 15.9. The Bertz CT molecular complexity index is 770. The molecule has 5 heteroatoms. The first-order valence-electron chi connectivity index (χ1n) is 10.1. The van der Waals surface area contributed by atoms with Crippen molar-refractivity contribution in [1.82, 2.24) is 9.80 Å². The molecule has 1 aliphatic rings. The number of rotatable bonds is 6. The summed E-state index contributed by atoms with van der Waals surface area (Å²) >= 11 is 5.64. The lowest BCUT2D eigenvalue weighted by atomic mass is 9.99. The number of nitrogens with one attached hydrogen (secondary N) is 1. The van der Waals surface area contributed by atoms with Crippen LogP contribution in [0.3, 0.4) is 0 Å². The van der Waals surface area contributed by atoms with E-state index in [1.54, 1.807) is 7.11 Å². The Balaban J connectivity index is 1.48. The Morgan fingerprint density at radius 1 is 1.11 bits per heavy atom. The third-order valence-electron chi connectivity index (χ3n) is 5.54. The van der Waals surface area contributed by atoms with Crippen LogP contribution in [0.15, 0.2) is 48.5 Å². The van der Waals surface area contributed by atoms with Gasteiger partial charge in [-0.3, -0.25) is 4.90 Å².